The van der Waals surface area contributed by atoms with Crippen molar-refractivity contribution in [3.63, 3.8) is 0 Å². The molecule has 0 spiro atoms. The Kier molecular flexibility index (Phi) is 11.1. The van der Waals surface area contributed by atoms with Crippen molar-refractivity contribution in [3.8, 4) is 0 Å². The summed E-state index contributed by atoms with van der Waals surface area (Å²) in [6, 6.07) is 8.62. The molecule has 1 radical (unpaired) electrons. The molecule has 0 aliphatic heterocycles. The second-order valence-electron chi connectivity index (χ2n) is 5.62. The molecule has 0 heterocycles. The average Bonchev–Trinajstić information content (AvgIpc) is 2.52. The van der Waals surface area contributed by atoms with Crippen LogP contribution >= 0.6 is 15.9 Å². The number of benzene rings is 1. The van der Waals surface area contributed by atoms with Gasteiger partial charge in [0, 0.05) is 23.2 Å². The highest BCUT2D eigenvalue weighted by Crippen LogP contribution is 2.28. The molecule has 0 aromatic heterocycles. The third-order valence-electron chi connectivity index (χ3n) is 3.60. The van der Waals surface area contributed by atoms with Crippen molar-refractivity contribution in [2.24, 2.45) is 0 Å². The van der Waals surface area contributed by atoms with Crippen LogP contribution < -0.4 is 0 Å². The lowest BCUT2D eigenvalue weighted by Crippen LogP contribution is -2.32. The zero-order valence-corrected chi connectivity index (χ0v) is 16.8. The van der Waals surface area contributed by atoms with E-state index in [4.69, 9.17) is 8.85 Å². The summed E-state index contributed by atoms with van der Waals surface area (Å²) in [5, 5.41) is 0. The second-order valence-corrected chi connectivity index (χ2v) is 8.45. The maximum atomic E-state index is 6.20. The number of halogens is 1. The van der Waals surface area contributed by atoms with Gasteiger partial charge in [0.1, 0.15) is 0 Å². The van der Waals surface area contributed by atoms with E-state index >= 15 is 0 Å². The van der Waals surface area contributed by atoms with E-state index in [0.717, 1.165) is 43.4 Å². The highest BCUT2D eigenvalue weighted by atomic mass is 79.9. The Morgan fingerprint density at radius 1 is 1.00 bits per heavy atom. The lowest BCUT2D eigenvalue weighted by atomic mass is 10.1. The Morgan fingerprint density at radius 3 is 2.14 bits per heavy atom. The fourth-order valence-electron chi connectivity index (χ4n) is 2.31. The molecule has 2 nitrogen and oxygen atoms in total. The van der Waals surface area contributed by atoms with Crippen LogP contribution in [0.25, 0.3) is 0 Å². The lowest BCUT2D eigenvalue weighted by molar-refractivity contribution is 0.182. The van der Waals surface area contributed by atoms with Crippen LogP contribution in [-0.2, 0) is 8.85 Å². The Balaban J connectivity index is 2.81. The van der Waals surface area contributed by atoms with Crippen LogP contribution in [0.3, 0.4) is 0 Å². The summed E-state index contributed by atoms with van der Waals surface area (Å²) in [5.74, 6) is 0. The van der Waals surface area contributed by atoms with Gasteiger partial charge in [-0.15, -0.1) is 0 Å². The van der Waals surface area contributed by atoms with Gasteiger partial charge in [0.2, 0.25) is 0 Å². The highest BCUT2D eigenvalue weighted by Gasteiger charge is 2.29. The van der Waals surface area contributed by atoms with E-state index in [2.05, 4.69) is 61.0 Å². The van der Waals surface area contributed by atoms with Crippen molar-refractivity contribution >= 4 is 25.2 Å². The fourth-order valence-corrected chi connectivity index (χ4v) is 4.88. The zero-order chi connectivity index (χ0) is 16.2. The number of hydrogen-bond acceptors (Lipinski definition) is 2. The predicted octanol–water partition coefficient (Wildman–Crippen LogP) is 5.99. The van der Waals surface area contributed by atoms with Gasteiger partial charge in [-0.05, 0) is 37.0 Å². The molecule has 0 N–H and O–H groups in total. The molecule has 0 saturated heterocycles. The van der Waals surface area contributed by atoms with Gasteiger partial charge >= 0.3 is 9.28 Å². The third-order valence-corrected chi connectivity index (χ3v) is 6.26. The van der Waals surface area contributed by atoms with E-state index in [1.165, 1.54) is 18.4 Å². The fraction of sp³-hybridized carbons (Fsp3) is 0.667. The largest absolute Gasteiger partial charge is 0.393 e. The minimum absolute atomic E-state index is 0.404. The van der Waals surface area contributed by atoms with Crippen molar-refractivity contribution in [3.05, 3.63) is 34.3 Å². The van der Waals surface area contributed by atoms with Gasteiger partial charge in [-0.3, -0.25) is 0 Å². The molecule has 0 bridgehead atoms. The van der Waals surface area contributed by atoms with Gasteiger partial charge in [-0.25, -0.2) is 0 Å². The molecular weight excluding hydrogens is 356 g/mol. The molecule has 0 aliphatic rings. The van der Waals surface area contributed by atoms with E-state index < -0.39 is 9.28 Å². The maximum absolute atomic E-state index is 6.20. The predicted molar refractivity (Wildman–Crippen MR) is 99.3 cm³/mol. The molecule has 125 valence electrons. The summed E-state index contributed by atoms with van der Waals surface area (Å²) in [6.45, 7) is 8.29. The standard InChI is InChI=1S/C18H30BrO2Si/c1-4-7-13-20-22(21-14-8-5-2)18(10-6-3)16-11-9-12-17(19)15-16/h9,11-12,15,18H,4-8,10,13-14H2,1-3H3. The molecular formula is C18H30BrO2Si. The van der Waals surface area contributed by atoms with Gasteiger partial charge in [0.25, 0.3) is 0 Å². The molecule has 1 aromatic carbocycles. The molecule has 0 amide bonds. The molecule has 0 aliphatic carbocycles. The van der Waals surface area contributed by atoms with Crippen molar-refractivity contribution < 1.29 is 8.85 Å². The van der Waals surface area contributed by atoms with E-state index in [1.54, 1.807) is 0 Å². The van der Waals surface area contributed by atoms with E-state index in [-0.39, 0.29) is 0 Å². The lowest BCUT2D eigenvalue weighted by Gasteiger charge is -2.24. The van der Waals surface area contributed by atoms with E-state index in [9.17, 15) is 0 Å². The first-order valence-electron chi connectivity index (χ1n) is 8.60. The number of rotatable bonds is 12. The van der Waals surface area contributed by atoms with Crippen LogP contribution in [0, 0.1) is 0 Å². The topological polar surface area (TPSA) is 18.5 Å². The average molecular weight is 386 g/mol. The second kappa shape index (κ2) is 12.3. The van der Waals surface area contributed by atoms with Gasteiger partial charge in [0.15, 0.2) is 0 Å². The van der Waals surface area contributed by atoms with Crippen LogP contribution in [0.15, 0.2) is 28.7 Å². The first-order valence-corrected chi connectivity index (χ1v) is 10.8. The minimum atomic E-state index is -1.28. The van der Waals surface area contributed by atoms with Gasteiger partial charge in [-0.1, -0.05) is 68.1 Å². The zero-order valence-electron chi connectivity index (χ0n) is 14.2. The van der Waals surface area contributed by atoms with Crippen LogP contribution in [0.2, 0.25) is 0 Å². The normalized spacial score (nSPS) is 12.8. The van der Waals surface area contributed by atoms with Crippen molar-refractivity contribution in [2.75, 3.05) is 13.2 Å². The molecule has 1 unspecified atom stereocenters. The van der Waals surface area contributed by atoms with Gasteiger partial charge < -0.3 is 8.85 Å². The first-order chi connectivity index (χ1) is 10.7. The molecule has 0 fully saturated rings. The molecule has 22 heavy (non-hydrogen) atoms. The molecule has 1 aromatic rings. The summed E-state index contributed by atoms with van der Waals surface area (Å²) in [5.41, 5.74) is 1.75. The number of unbranched alkanes of at least 4 members (excludes halogenated alkanes) is 2. The van der Waals surface area contributed by atoms with Crippen LogP contribution in [0.1, 0.15) is 70.4 Å². The minimum Gasteiger partial charge on any atom is -0.393 e. The van der Waals surface area contributed by atoms with Gasteiger partial charge in [-0.2, -0.15) is 0 Å². The third kappa shape index (κ3) is 7.40. The maximum Gasteiger partial charge on any atom is 0.392 e. The summed E-state index contributed by atoms with van der Waals surface area (Å²) in [6.07, 6.45) is 6.84. The highest BCUT2D eigenvalue weighted by molar-refractivity contribution is 9.10. The molecule has 1 rings (SSSR count). The molecule has 0 saturated carbocycles. The van der Waals surface area contributed by atoms with Crippen molar-refractivity contribution in [1.82, 2.24) is 0 Å². The van der Waals surface area contributed by atoms with E-state index in [0.29, 0.717) is 5.54 Å². The Bertz CT molecular complexity index is 390. The monoisotopic (exact) mass is 385 g/mol. The summed E-state index contributed by atoms with van der Waals surface area (Å²) >= 11 is 3.59. The Labute approximate surface area is 146 Å². The van der Waals surface area contributed by atoms with E-state index in [1.807, 2.05) is 0 Å². The number of hydrogen-bond donors (Lipinski definition) is 0. The van der Waals surface area contributed by atoms with Crippen LogP contribution in [0.5, 0.6) is 0 Å². The van der Waals surface area contributed by atoms with Crippen molar-refractivity contribution in [1.29, 1.82) is 0 Å². The SMILES string of the molecule is CCCCO[Si](OCCCC)C(CCC)c1cccc(Br)c1. The molecule has 4 heteroatoms. The quantitative estimate of drug-likeness (QED) is 0.324. The van der Waals surface area contributed by atoms with Crippen LogP contribution in [0.4, 0.5) is 0 Å². The van der Waals surface area contributed by atoms with Crippen LogP contribution in [-0.4, -0.2) is 22.5 Å². The molecule has 1 atom stereocenters. The first kappa shape index (κ1) is 19.9. The Hall–Kier alpha value is -0.163. The Morgan fingerprint density at radius 2 is 1.64 bits per heavy atom. The smallest absolute Gasteiger partial charge is 0.392 e. The summed E-state index contributed by atoms with van der Waals surface area (Å²) < 4.78 is 13.5. The van der Waals surface area contributed by atoms with Gasteiger partial charge in [0.05, 0.1) is 0 Å². The summed E-state index contributed by atoms with van der Waals surface area (Å²) in [7, 11) is -1.28. The summed E-state index contributed by atoms with van der Waals surface area (Å²) in [4.78, 5) is 0. The van der Waals surface area contributed by atoms with Crippen molar-refractivity contribution in [2.45, 2.75) is 64.8 Å².